The molecule has 0 saturated heterocycles. The first-order valence-electron chi connectivity index (χ1n) is 7.76. The Balaban J connectivity index is 1.81. The van der Waals surface area contributed by atoms with Gasteiger partial charge >= 0.3 is 0 Å². The van der Waals surface area contributed by atoms with Gasteiger partial charge in [0, 0.05) is 41.0 Å². The van der Waals surface area contributed by atoms with E-state index < -0.39 is 5.79 Å². The molecule has 1 aromatic carbocycles. The first-order chi connectivity index (χ1) is 11.2. The highest BCUT2D eigenvalue weighted by Crippen LogP contribution is 2.31. The van der Waals surface area contributed by atoms with Crippen molar-refractivity contribution in [2.24, 2.45) is 16.5 Å². The van der Waals surface area contributed by atoms with Gasteiger partial charge in [0.15, 0.2) is 0 Å². The molecular weight excluding hydrogens is 288 g/mol. The van der Waals surface area contributed by atoms with E-state index in [1.54, 1.807) is 12.3 Å². The number of aromatic amines is 1. The highest BCUT2D eigenvalue weighted by molar-refractivity contribution is 5.94. The van der Waals surface area contributed by atoms with E-state index in [-0.39, 0.29) is 0 Å². The van der Waals surface area contributed by atoms with Gasteiger partial charge in [0.2, 0.25) is 5.79 Å². The number of aromatic nitrogens is 1. The molecule has 1 unspecified atom stereocenters. The van der Waals surface area contributed by atoms with Crippen LogP contribution in [0.4, 0.5) is 0 Å². The quantitative estimate of drug-likeness (QED) is 0.573. The van der Waals surface area contributed by atoms with Crippen molar-refractivity contribution in [3.8, 4) is 0 Å². The lowest BCUT2D eigenvalue weighted by molar-refractivity contribution is 0.410. The average Bonchev–Trinajstić information content (AvgIpc) is 2.98. The predicted octanol–water partition coefficient (Wildman–Crippen LogP) is 1.09. The Labute approximate surface area is 134 Å². The Bertz CT molecular complexity index is 844. The molecule has 7 N–H and O–H groups in total. The second-order valence-corrected chi connectivity index (χ2v) is 5.93. The minimum Gasteiger partial charge on any atom is -0.384 e. The number of aliphatic imine (C=N–C) groups is 1. The first-order valence-corrected chi connectivity index (χ1v) is 7.76. The molecule has 2 aliphatic heterocycles. The van der Waals surface area contributed by atoms with E-state index in [0.717, 1.165) is 36.0 Å². The molecule has 2 aliphatic rings. The van der Waals surface area contributed by atoms with Crippen LogP contribution in [0.5, 0.6) is 0 Å². The van der Waals surface area contributed by atoms with Crippen LogP contribution in [0, 0.1) is 0 Å². The van der Waals surface area contributed by atoms with Gasteiger partial charge in [-0.05, 0) is 36.7 Å². The summed E-state index contributed by atoms with van der Waals surface area (Å²) in [6.07, 6.45) is 8.78. The topological polar surface area (TPSA) is 104 Å². The maximum Gasteiger partial charge on any atom is 0.211 e. The number of hydrogen-bond donors (Lipinski definition) is 5. The van der Waals surface area contributed by atoms with Crippen molar-refractivity contribution in [2.45, 2.75) is 12.2 Å². The normalized spacial score (nSPS) is 24.2. The fraction of sp³-hybridized carbons (Fsp3) is 0.235. The van der Waals surface area contributed by atoms with Gasteiger partial charge in [-0.25, -0.2) is 4.99 Å². The van der Waals surface area contributed by atoms with Crippen LogP contribution >= 0.6 is 0 Å². The number of fused-ring (bicyclic) bond motifs is 1. The first kappa shape index (κ1) is 14.0. The van der Waals surface area contributed by atoms with Crippen LogP contribution in [0.3, 0.4) is 0 Å². The van der Waals surface area contributed by atoms with Crippen molar-refractivity contribution in [1.82, 2.24) is 15.6 Å². The van der Waals surface area contributed by atoms with Crippen LogP contribution in [0.15, 0.2) is 47.7 Å². The molecule has 6 nitrogen and oxygen atoms in total. The molecule has 0 saturated carbocycles. The number of benzene rings is 1. The third-order valence-electron chi connectivity index (χ3n) is 4.39. The van der Waals surface area contributed by atoms with Crippen molar-refractivity contribution < 1.29 is 0 Å². The van der Waals surface area contributed by atoms with E-state index in [4.69, 9.17) is 11.5 Å². The largest absolute Gasteiger partial charge is 0.384 e. The second kappa shape index (κ2) is 5.26. The number of nitrogens with two attached hydrogens (primary N) is 2. The molecule has 1 atom stereocenters. The van der Waals surface area contributed by atoms with Gasteiger partial charge in [0.1, 0.15) is 5.84 Å². The van der Waals surface area contributed by atoms with E-state index in [2.05, 4.69) is 38.9 Å². The number of amidine groups is 1. The summed E-state index contributed by atoms with van der Waals surface area (Å²) < 4.78 is 0. The maximum atomic E-state index is 6.39. The second-order valence-electron chi connectivity index (χ2n) is 5.93. The fourth-order valence-corrected chi connectivity index (χ4v) is 3.17. The molecule has 0 spiro atoms. The lowest BCUT2D eigenvalue weighted by Gasteiger charge is -2.29. The summed E-state index contributed by atoms with van der Waals surface area (Å²) in [5, 5.41) is 7.59. The van der Waals surface area contributed by atoms with Crippen LogP contribution in [0.1, 0.15) is 17.5 Å². The minimum absolute atomic E-state index is 0.418. The van der Waals surface area contributed by atoms with Gasteiger partial charge in [-0.1, -0.05) is 12.1 Å². The Morgan fingerprint density at radius 1 is 1.26 bits per heavy atom. The van der Waals surface area contributed by atoms with Gasteiger partial charge in [-0.3, -0.25) is 5.73 Å². The standard InChI is InChI=1S/C17H20N6/c18-16-5-8-22-17(19,23-16)12-1-2-15-13(9-12)14(10-21-15)11-3-6-20-7-4-11/h1-3,5,8-10,20-22H,4,6-7,19H2,(H2,18,23). The van der Waals surface area contributed by atoms with Gasteiger partial charge in [0.05, 0.1) is 0 Å². The predicted molar refractivity (Wildman–Crippen MR) is 93.5 cm³/mol. The van der Waals surface area contributed by atoms with Gasteiger partial charge in [0.25, 0.3) is 0 Å². The molecule has 6 heteroatoms. The smallest absolute Gasteiger partial charge is 0.211 e. The summed E-state index contributed by atoms with van der Waals surface area (Å²) in [4.78, 5) is 7.70. The molecule has 23 heavy (non-hydrogen) atoms. The molecule has 0 bridgehead atoms. The Morgan fingerprint density at radius 2 is 2.17 bits per heavy atom. The number of nitrogens with zero attached hydrogens (tertiary/aromatic N) is 1. The monoisotopic (exact) mass is 308 g/mol. The van der Waals surface area contributed by atoms with Crippen molar-refractivity contribution in [2.75, 3.05) is 13.1 Å². The third kappa shape index (κ3) is 2.42. The highest BCUT2D eigenvalue weighted by atomic mass is 15.3. The van der Waals surface area contributed by atoms with E-state index >= 15 is 0 Å². The van der Waals surface area contributed by atoms with Crippen LogP contribution in [-0.4, -0.2) is 23.9 Å². The summed E-state index contributed by atoms with van der Waals surface area (Å²) >= 11 is 0. The van der Waals surface area contributed by atoms with Gasteiger partial charge < -0.3 is 21.4 Å². The summed E-state index contributed by atoms with van der Waals surface area (Å²) in [5.41, 5.74) is 16.8. The van der Waals surface area contributed by atoms with Crippen LogP contribution in [-0.2, 0) is 5.79 Å². The molecule has 0 aliphatic carbocycles. The number of nitrogens with one attached hydrogen (secondary N) is 3. The zero-order valence-electron chi connectivity index (χ0n) is 12.8. The van der Waals surface area contributed by atoms with Crippen LogP contribution in [0.25, 0.3) is 16.5 Å². The molecule has 1 aromatic heterocycles. The number of H-pyrrole nitrogens is 1. The highest BCUT2D eigenvalue weighted by Gasteiger charge is 2.28. The van der Waals surface area contributed by atoms with Crippen molar-refractivity contribution >= 4 is 22.3 Å². The zero-order chi connectivity index (χ0) is 15.9. The molecule has 118 valence electrons. The van der Waals surface area contributed by atoms with Crippen molar-refractivity contribution in [3.63, 3.8) is 0 Å². The molecular formula is C17H20N6. The van der Waals surface area contributed by atoms with Crippen LogP contribution < -0.4 is 22.1 Å². The average molecular weight is 308 g/mol. The Kier molecular flexibility index (Phi) is 3.21. The summed E-state index contributed by atoms with van der Waals surface area (Å²) in [6.45, 7) is 1.92. The molecule has 0 amide bonds. The van der Waals surface area contributed by atoms with Crippen molar-refractivity contribution in [3.05, 3.63) is 53.9 Å². The summed E-state index contributed by atoms with van der Waals surface area (Å²) in [7, 11) is 0. The van der Waals surface area contributed by atoms with E-state index in [1.807, 2.05) is 12.1 Å². The molecule has 3 heterocycles. The van der Waals surface area contributed by atoms with Crippen molar-refractivity contribution in [1.29, 1.82) is 0 Å². The van der Waals surface area contributed by atoms with Gasteiger partial charge in [-0.2, -0.15) is 0 Å². The molecule has 0 radical (unpaired) electrons. The summed E-state index contributed by atoms with van der Waals surface area (Å²) in [6, 6.07) is 6.10. The Hall–Kier alpha value is -2.57. The van der Waals surface area contributed by atoms with Crippen LogP contribution in [0.2, 0.25) is 0 Å². The number of rotatable bonds is 2. The SMILES string of the molecule is NC1=NC(N)(c2ccc3[nH]cc(C4=CCNCC4)c3c2)NC=C1. The van der Waals surface area contributed by atoms with E-state index in [1.165, 1.54) is 11.1 Å². The maximum absolute atomic E-state index is 6.39. The number of hydrogen-bond acceptors (Lipinski definition) is 5. The lowest BCUT2D eigenvalue weighted by atomic mass is 9.97. The molecule has 4 rings (SSSR count). The molecule has 2 aromatic rings. The Morgan fingerprint density at radius 3 is 2.96 bits per heavy atom. The van der Waals surface area contributed by atoms with E-state index in [9.17, 15) is 0 Å². The van der Waals surface area contributed by atoms with E-state index in [0.29, 0.717) is 5.84 Å². The molecule has 0 fully saturated rings. The summed E-state index contributed by atoms with van der Waals surface area (Å²) in [5.74, 6) is -0.606. The lowest BCUT2D eigenvalue weighted by Crippen LogP contribution is -2.49. The van der Waals surface area contributed by atoms with Gasteiger partial charge in [-0.15, -0.1) is 0 Å². The fourth-order valence-electron chi connectivity index (χ4n) is 3.17. The minimum atomic E-state index is -1.02. The third-order valence-corrected chi connectivity index (χ3v) is 4.39. The zero-order valence-corrected chi connectivity index (χ0v) is 12.8.